The Labute approximate surface area is 98.0 Å². The summed E-state index contributed by atoms with van der Waals surface area (Å²) in [6, 6.07) is 4.20. The van der Waals surface area contributed by atoms with Gasteiger partial charge >= 0.3 is 0 Å². The third-order valence-electron chi connectivity index (χ3n) is 2.30. The Bertz CT molecular complexity index is 319. The molecule has 0 aliphatic carbocycles. The molecule has 0 bridgehead atoms. The lowest BCUT2D eigenvalue weighted by Gasteiger charge is -2.16. The van der Waals surface area contributed by atoms with Crippen LogP contribution in [0.25, 0.3) is 0 Å². The van der Waals surface area contributed by atoms with Gasteiger partial charge in [-0.2, -0.15) is 20.8 Å². The normalized spacial score (nSPS) is 15.4. The zero-order valence-electron chi connectivity index (χ0n) is 10.6. The third-order valence-corrected chi connectivity index (χ3v) is 2.30. The van der Waals surface area contributed by atoms with Crippen LogP contribution in [0.5, 0.6) is 0 Å². The molecule has 0 fully saturated rings. The Balaban J connectivity index is 4.51. The zero-order chi connectivity index (χ0) is 12.7. The maximum Gasteiger partial charge on any atom is 0.164 e. The van der Waals surface area contributed by atoms with E-state index < -0.39 is 11.1 Å². The van der Waals surface area contributed by atoms with Crippen LogP contribution >= 0.6 is 0 Å². The highest BCUT2D eigenvalue weighted by molar-refractivity contribution is 5.05. The van der Waals surface area contributed by atoms with E-state index in [4.69, 9.17) is 10.5 Å². The first kappa shape index (κ1) is 14.6. The fourth-order valence-electron chi connectivity index (χ4n) is 1.11. The molecule has 0 saturated carbocycles. The van der Waals surface area contributed by atoms with Crippen molar-refractivity contribution in [3.63, 3.8) is 0 Å². The predicted molar refractivity (Wildman–Crippen MR) is 62.7 cm³/mol. The quantitative estimate of drug-likeness (QED) is 0.506. The summed E-state index contributed by atoms with van der Waals surface area (Å²) in [5.74, 6) is 0. The topological polar surface area (TPSA) is 72.3 Å². The molecule has 0 saturated heterocycles. The second-order valence-electron chi connectivity index (χ2n) is 4.71. The largest absolute Gasteiger partial charge is 0.196 e. The van der Waals surface area contributed by atoms with Crippen molar-refractivity contribution in [2.75, 3.05) is 0 Å². The van der Waals surface area contributed by atoms with Crippen LogP contribution in [0.2, 0.25) is 0 Å². The molecule has 4 heteroatoms. The van der Waals surface area contributed by atoms with Gasteiger partial charge in [-0.25, -0.2) is 0 Å². The van der Waals surface area contributed by atoms with Crippen molar-refractivity contribution in [1.82, 2.24) is 0 Å². The molecular formula is C12H20N4. The highest BCUT2D eigenvalue weighted by Gasteiger charge is 2.24. The smallest absolute Gasteiger partial charge is 0.164 e. The average molecular weight is 220 g/mol. The van der Waals surface area contributed by atoms with Gasteiger partial charge in [-0.1, -0.05) is 19.8 Å². The van der Waals surface area contributed by atoms with Crippen LogP contribution in [0.3, 0.4) is 0 Å². The van der Waals surface area contributed by atoms with E-state index in [-0.39, 0.29) is 0 Å². The molecule has 0 aromatic rings. The summed E-state index contributed by atoms with van der Waals surface area (Å²) in [5.41, 5.74) is -1.63. The number of nitrogens with zero attached hydrogens (tertiary/aromatic N) is 4. The van der Waals surface area contributed by atoms with Crippen molar-refractivity contribution in [3.05, 3.63) is 0 Å². The maximum atomic E-state index is 9.07. The number of hydrogen-bond acceptors (Lipinski definition) is 4. The lowest BCUT2D eigenvalue weighted by atomic mass is 9.97. The minimum Gasteiger partial charge on any atom is -0.196 e. The van der Waals surface area contributed by atoms with Gasteiger partial charge in [-0.3, -0.25) is 0 Å². The van der Waals surface area contributed by atoms with Crippen LogP contribution in [-0.4, -0.2) is 11.1 Å². The molecule has 88 valence electrons. The van der Waals surface area contributed by atoms with Gasteiger partial charge in [0.15, 0.2) is 11.1 Å². The molecule has 0 rings (SSSR count). The molecule has 1 atom stereocenters. The molecular weight excluding hydrogens is 200 g/mol. The number of nitriles is 2. The van der Waals surface area contributed by atoms with Gasteiger partial charge in [-0.05, 0) is 33.6 Å². The molecule has 1 unspecified atom stereocenters. The van der Waals surface area contributed by atoms with E-state index in [0.29, 0.717) is 6.42 Å². The molecule has 0 amide bonds. The molecule has 0 aliphatic rings. The Hall–Kier alpha value is -1.42. The van der Waals surface area contributed by atoms with Gasteiger partial charge < -0.3 is 0 Å². The number of unbranched alkanes of at least 4 members (excludes halogenated alkanes) is 2. The molecule has 4 nitrogen and oxygen atoms in total. The van der Waals surface area contributed by atoms with Crippen LogP contribution < -0.4 is 0 Å². The van der Waals surface area contributed by atoms with Crippen molar-refractivity contribution < 1.29 is 0 Å². The van der Waals surface area contributed by atoms with Gasteiger partial charge in [0.1, 0.15) is 0 Å². The van der Waals surface area contributed by atoms with Crippen LogP contribution in [0.15, 0.2) is 10.2 Å². The van der Waals surface area contributed by atoms with E-state index in [1.54, 1.807) is 20.8 Å². The van der Waals surface area contributed by atoms with E-state index >= 15 is 0 Å². The van der Waals surface area contributed by atoms with E-state index in [2.05, 4.69) is 23.2 Å². The first-order valence-electron chi connectivity index (χ1n) is 5.66. The van der Waals surface area contributed by atoms with Gasteiger partial charge in [0.25, 0.3) is 0 Å². The average Bonchev–Trinajstić information content (AvgIpc) is 2.27. The van der Waals surface area contributed by atoms with Gasteiger partial charge in [-0.15, -0.1) is 0 Å². The third kappa shape index (κ3) is 5.46. The number of rotatable bonds is 6. The highest BCUT2D eigenvalue weighted by atomic mass is 15.2. The molecule has 16 heavy (non-hydrogen) atoms. The van der Waals surface area contributed by atoms with Gasteiger partial charge in [0.05, 0.1) is 12.1 Å². The minimum atomic E-state index is -0.844. The summed E-state index contributed by atoms with van der Waals surface area (Å²) in [7, 11) is 0. The SMILES string of the molecule is CCCCCC(C)(C#N)N=NC(C)(C)C#N. The summed E-state index contributed by atoms with van der Waals surface area (Å²) < 4.78 is 0. The Morgan fingerprint density at radius 3 is 2.06 bits per heavy atom. The maximum absolute atomic E-state index is 9.07. The summed E-state index contributed by atoms with van der Waals surface area (Å²) in [6.07, 6.45) is 3.87. The monoisotopic (exact) mass is 220 g/mol. The molecule has 0 radical (unpaired) electrons. The van der Waals surface area contributed by atoms with Crippen LogP contribution in [-0.2, 0) is 0 Å². The van der Waals surface area contributed by atoms with E-state index in [1.165, 1.54) is 0 Å². The first-order chi connectivity index (χ1) is 7.39. The molecule has 0 N–H and O–H groups in total. The summed E-state index contributed by atoms with van der Waals surface area (Å²) in [4.78, 5) is 0. The van der Waals surface area contributed by atoms with E-state index in [1.807, 2.05) is 6.07 Å². The number of azo groups is 1. The van der Waals surface area contributed by atoms with Gasteiger partial charge in [0.2, 0.25) is 0 Å². The second-order valence-corrected chi connectivity index (χ2v) is 4.71. The molecule has 0 aromatic heterocycles. The zero-order valence-corrected chi connectivity index (χ0v) is 10.6. The van der Waals surface area contributed by atoms with Crippen molar-refractivity contribution in [2.24, 2.45) is 10.2 Å². The molecule has 0 aromatic carbocycles. The Morgan fingerprint density at radius 2 is 1.62 bits per heavy atom. The lowest BCUT2D eigenvalue weighted by Crippen LogP contribution is -2.21. The summed E-state index contributed by atoms with van der Waals surface area (Å²) in [5, 5.41) is 25.8. The van der Waals surface area contributed by atoms with Crippen LogP contribution in [0.1, 0.15) is 53.4 Å². The Morgan fingerprint density at radius 1 is 1.00 bits per heavy atom. The fraction of sp³-hybridized carbons (Fsp3) is 0.833. The van der Waals surface area contributed by atoms with Crippen molar-refractivity contribution in [3.8, 4) is 12.1 Å². The lowest BCUT2D eigenvalue weighted by molar-refractivity contribution is 0.460. The van der Waals surface area contributed by atoms with Crippen LogP contribution in [0, 0.1) is 22.7 Å². The molecule has 0 aliphatic heterocycles. The number of hydrogen-bond donors (Lipinski definition) is 0. The van der Waals surface area contributed by atoms with E-state index in [9.17, 15) is 0 Å². The standard InChI is InChI=1S/C12H20N4/c1-5-6-7-8-12(4,10-14)16-15-11(2,3)9-13/h5-8H2,1-4H3. The summed E-state index contributed by atoms with van der Waals surface area (Å²) >= 11 is 0. The fourth-order valence-corrected chi connectivity index (χ4v) is 1.11. The molecule has 0 spiro atoms. The first-order valence-corrected chi connectivity index (χ1v) is 5.66. The minimum absolute atomic E-state index is 0.697. The van der Waals surface area contributed by atoms with Crippen molar-refractivity contribution in [2.45, 2.75) is 64.5 Å². The van der Waals surface area contributed by atoms with Crippen molar-refractivity contribution >= 4 is 0 Å². The highest BCUT2D eigenvalue weighted by Crippen LogP contribution is 2.21. The van der Waals surface area contributed by atoms with Crippen molar-refractivity contribution in [1.29, 1.82) is 10.5 Å². The second kappa shape index (κ2) is 6.23. The predicted octanol–water partition coefficient (Wildman–Crippen LogP) is 3.60. The summed E-state index contributed by atoms with van der Waals surface area (Å²) in [6.45, 7) is 7.24. The van der Waals surface area contributed by atoms with E-state index in [0.717, 1.165) is 19.3 Å². The van der Waals surface area contributed by atoms with Gasteiger partial charge in [0, 0.05) is 0 Å². The molecule has 0 heterocycles. The van der Waals surface area contributed by atoms with Crippen LogP contribution in [0.4, 0.5) is 0 Å². The Kier molecular flexibility index (Phi) is 5.67.